The Morgan fingerprint density at radius 1 is 1.40 bits per heavy atom. The topological polar surface area (TPSA) is 3.24 Å². The molecule has 0 aromatic heterocycles. The highest BCUT2D eigenvalue weighted by atomic mass is 35.5. The van der Waals surface area contributed by atoms with E-state index in [0.717, 1.165) is 0 Å². The molecule has 0 fully saturated rings. The van der Waals surface area contributed by atoms with E-state index < -0.39 is 0 Å². The van der Waals surface area contributed by atoms with Crippen LogP contribution in [0.25, 0.3) is 0 Å². The van der Waals surface area contributed by atoms with Gasteiger partial charge >= 0.3 is 0 Å². The molecule has 0 aliphatic carbocycles. The lowest BCUT2D eigenvalue weighted by Crippen LogP contribution is -2.21. The maximum absolute atomic E-state index is 13.6. The van der Waals surface area contributed by atoms with Crippen molar-refractivity contribution in [3.63, 3.8) is 0 Å². The molecule has 1 rings (SSSR count). The lowest BCUT2D eigenvalue weighted by Gasteiger charge is -2.24. The van der Waals surface area contributed by atoms with E-state index >= 15 is 0 Å². The zero-order valence-electron chi connectivity index (χ0n) is 8.80. The summed E-state index contributed by atoms with van der Waals surface area (Å²) in [6.07, 6.45) is 0.700. The van der Waals surface area contributed by atoms with Crippen LogP contribution < -0.4 is 0 Å². The molecule has 1 atom stereocenters. The van der Waals surface area contributed by atoms with E-state index in [9.17, 15) is 4.39 Å². The second kappa shape index (κ2) is 5.69. The summed E-state index contributed by atoms with van der Waals surface area (Å²) in [4.78, 5) is 1.94. The minimum Gasteiger partial charge on any atom is -0.302 e. The van der Waals surface area contributed by atoms with Crippen LogP contribution in [-0.4, -0.2) is 24.9 Å². The Balaban J connectivity index is 3.04. The van der Waals surface area contributed by atoms with Gasteiger partial charge in [0.05, 0.1) is 0 Å². The quantitative estimate of drug-likeness (QED) is 0.736. The van der Waals surface area contributed by atoms with Gasteiger partial charge in [0.2, 0.25) is 0 Å². The Kier molecular flexibility index (Phi) is 4.84. The van der Waals surface area contributed by atoms with Crippen LogP contribution in [0.15, 0.2) is 18.2 Å². The normalized spacial score (nSPS) is 13.2. The number of benzene rings is 1. The molecule has 1 nitrogen and oxygen atoms in total. The van der Waals surface area contributed by atoms with Crippen LogP contribution in [0.5, 0.6) is 0 Å². The molecule has 0 heterocycles. The van der Waals surface area contributed by atoms with Gasteiger partial charge in [-0.2, -0.15) is 0 Å². The molecule has 4 heteroatoms. The highest BCUT2D eigenvalue weighted by Crippen LogP contribution is 2.27. The molecule has 0 aliphatic rings. The third-order valence-electron chi connectivity index (χ3n) is 2.32. The molecular weight excluding hydrogens is 236 g/mol. The van der Waals surface area contributed by atoms with Gasteiger partial charge < -0.3 is 4.90 Å². The van der Waals surface area contributed by atoms with Crippen molar-refractivity contribution < 1.29 is 4.39 Å². The average Bonchev–Trinajstić information content (AvgIpc) is 2.18. The maximum atomic E-state index is 13.6. The van der Waals surface area contributed by atoms with Crippen LogP contribution in [0, 0.1) is 5.82 Å². The van der Waals surface area contributed by atoms with Crippen molar-refractivity contribution in [3.05, 3.63) is 34.6 Å². The van der Waals surface area contributed by atoms with Crippen molar-refractivity contribution in [3.8, 4) is 0 Å². The molecule has 1 aromatic carbocycles. The van der Waals surface area contributed by atoms with E-state index in [4.69, 9.17) is 23.2 Å². The summed E-state index contributed by atoms with van der Waals surface area (Å²) in [5, 5.41) is 0.549. The van der Waals surface area contributed by atoms with E-state index in [1.54, 1.807) is 12.1 Å². The largest absolute Gasteiger partial charge is 0.302 e. The van der Waals surface area contributed by atoms with Crippen LogP contribution in [0.1, 0.15) is 18.0 Å². The number of rotatable bonds is 4. The highest BCUT2D eigenvalue weighted by Gasteiger charge is 2.17. The van der Waals surface area contributed by atoms with E-state index in [0.29, 0.717) is 22.9 Å². The zero-order chi connectivity index (χ0) is 11.4. The Bertz CT molecular complexity index is 328. The van der Waals surface area contributed by atoms with E-state index in [2.05, 4.69) is 0 Å². The van der Waals surface area contributed by atoms with Crippen molar-refractivity contribution in [1.82, 2.24) is 4.90 Å². The van der Waals surface area contributed by atoms with Gasteiger partial charge in [-0.1, -0.05) is 11.6 Å². The number of hydrogen-bond donors (Lipinski definition) is 0. The first-order chi connectivity index (χ1) is 7.06. The van der Waals surface area contributed by atoms with Gasteiger partial charge in [0.1, 0.15) is 5.82 Å². The van der Waals surface area contributed by atoms with Gasteiger partial charge in [0.25, 0.3) is 0 Å². The fourth-order valence-electron chi connectivity index (χ4n) is 1.57. The van der Waals surface area contributed by atoms with Crippen LogP contribution in [0.4, 0.5) is 4.39 Å². The third-order valence-corrected chi connectivity index (χ3v) is 2.78. The summed E-state index contributed by atoms with van der Waals surface area (Å²) in [5.74, 6) is 0.262. The van der Waals surface area contributed by atoms with Gasteiger partial charge in [-0.05, 0) is 38.7 Å². The number of halogens is 3. The average molecular weight is 250 g/mol. The summed E-state index contributed by atoms with van der Waals surface area (Å²) in [7, 11) is 3.80. The highest BCUT2D eigenvalue weighted by molar-refractivity contribution is 6.30. The SMILES string of the molecule is CN(C)C(CCCl)c1cc(Cl)ccc1F. The minimum absolute atomic E-state index is 0.0267. The molecule has 1 unspecified atom stereocenters. The van der Waals surface area contributed by atoms with E-state index in [1.807, 2.05) is 19.0 Å². The maximum Gasteiger partial charge on any atom is 0.128 e. The predicted molar refractivity (Wildman–Crippen MR) is 63.2 cm³/mol. The monoisotopic (exact) mass is 249 g/mol. The molecular formula is C11H14Cl2FN. The van der Waals surface area contributed by atoms with Crippen LogP contribution in [0.3, 0.4) is 0 Å². The molecule has 0 saturated carbocycles. The van der Waals surface area contributed by atoms with Crippen molar-refractivity contribution in [1.29, 1.82) is 0 Å². The van der Waals surface area contributed by atoms with E-state index in [1.165, 1.54) is 6.07 Å². The summed E-state index contributed by atoms with van der Waals surface area (Å²) in [6, 6.07) is 4.57. The summed E-state index contributed by atoms with van der Waals surface area (Å²) < 4.78 is 13.6. The summed E-state index contributed by atoms with van der Waals surface area (Å²) in [5.41, 5.74) is 0.605. The van der Waals surface area contributed by atoms with Crippen molar-refractivity contribution in [2.24, 2.45) is 0 Å². The van der Waals surface area contributed by atoms with Crippen molar-refractivity contribution in [2.45, 2.75) is 12.5 Å². The number of alkyl halides is 1. The zero-order valence-corrected chi connectivity index (χ0v) is 10.3. The standard InChI is InChI=1S/C11H14Cl2FN/c1-15(2)11(5-6-12)9-7-8(13)3-4-10(9)14/h3-4,7,11H,5-6H2,1-2H3. The van der Waals surface area contributed by atoms with E-state index in [-0.39, 0.29) is 11.9 Å². The van der Waals surface area contributed by atoms with Gasteiger partial charge in [-0.3, -0.25) is 0 Å². The van der Waals surface area contributed by atoms with Crippen LogP contribution in [-0.2, 0) is 0 Å². The number of hydrogen-bond acceptors (Lipinski definition) is 1. The van der Waals surface area contributed by atoms with Gasteiger partial charge in [-0.25, -0.2) is 4.39 Å². The van der Waals surface area contributed by atoms with Gasteiger partial charge in [-0.15, -0.1) is 11.6 Å². The Morgan fingerprint density at radius 3 is 2.60 bits per heavy atom. The molecule has 15 heavy (non-hydrogen) atoms. The molecule has 0 spiro atoms. The molecule has 0 amide bonds. The van der Waals surface area contributed by atoms with Gasteiger partial charge in [0, 0.05) is 22.5 Å². The van der Waals surface area contributed by atoms with Crippen molar-refractivity contribution >= 4 is 23.2 Å². The summed E-state index contributed by atoms with van der Waals surface area (Å²) in [6.45, 7) is 0. The Morgan fingerprint density at radius 2 is 2.07 bits per heavy atom. The second-order valence-electron chi connectivity index (χ2n) is 3.62. The first-order valence-corrected chi connectivity index (χ1v) is 5.65. The smallest absolute Gasteiger partial charge is 0.128 e. The lowest BCUT2D eigenvalue weighted by atomic mass is 10.0. The van der Waals surface area contributed by atoms with Crippen LogP contribution in [0.2, 0.25) is 5.02 Å². The first kappa shape index (κ1) is 12.8. The summed E-state index contributed by atoms with van der Waals surface area (Å²) >= 11 is 11.5. The molecule has 0 saturated heterocycles. The first-order valence-electron chi connectivity index (χ1n) is 4.73. The van der Waals surface area contributed by atoms with Crippen molar-refractivity contribution in [2.75, 3.05) is 20.0 Å². The molecule has 0 N–H and O–H groups in total. The Labute approximate surface area is 99.8 Å². The molecule has 0 radical (unpaired) electrons. The Hall–Kier alpha value is -0.310. The number of nitrogens with zero attached hydrogens (tertiary/aromatic N) is 1. The fraction of sp³-hybridized carbons (Fsp3) is 0.455. The molecule has 84 valence electrons. The van der Waals surface area contributed by atoms with Crippen LogP contribution >= 0.6 is 23.2 Å². The molecule has 0 bridgehead atoms. The molecule has 0 aliphatic heterocycles. The lowest BCUT2D eigenvalue weighted by molar-refractivity contribution is 0.285. The fourth-order valence-corrected chi connectivity index (χ4v) is 1.95. The predicted octanol–water partition coefficient (Wildman–Crippen LogP) is 3.71. The third kappa shape index (κ3) is 3.33. The minimum atomic E-state index is -0.233. The molecule has 1 aromatic rings. The second-order valence-corrected chi connectivity index (χ2v) is 4.44. The van der Waals surface area contributed by atoms with Gasteiger partial charge in [0.15, 0.2) is 0 Å².